The topological polar surface area (TPSA) is 103 Å². The zero-order valence-electron chi connectivity index (χ0n) is 15.4. The van der Waals surface area contributed by atoms with Crippen molar-refractivity contribution in [3.63, 3.8) is 0 Å². The number of nitrogens with one attached hydrogen (secondary N) is 1. The third kappa shape index (κ3) is 4.80. The molecule has 1 aromatic carbocycles. The van der Waals surface area contributed by atoms with Gasteiger partial charge in [0.05, 0.1) is 17.8 Å². The van der Waals surface area contributed by atoms with Crippen LogP contribution in [0.4, 0.5) is 0 Å². The Bertz CT molecular complexity index is 1040. The third-order valence-corrected chi connectivity index (χ3v) is 5.24. The summed E-state index contributed by atoms with van der Waals surface area (Å²) in [5.41, 5.74) is 0.595. The fourth-order valence-corrected chi connectivity index (χ4v) is 3.38. The van der Waals surface area contributed by atoms with Gasteiger partial charge < -0.3 is 14.5 Å². The van der Waals surface area contributed by atoms with Crippen molar-refractivity contribution in [1.82, 2.24) is 15.1 Å². The molecule has 29 heavy (non-hydrogen) atoms. The Morgan fingerprint density at radius 3 is 2.72 bits per heavy atom. The third-order valence-electron chi connectivity index (χ3n) is 4.38. The number of carbonyl (C=O) groups excluding carboxylic acids is 2. The summed E-state index contributed by atoms with van der Waals surface area (Å²) in [4.78, 5) is 37.6. The molecule has 3 aromatic rings. The summed E-state index contributed by atoms with van der Waals surface area (Å²) in [6.07, 6.45) is 0.724. The van der Waals surface area contributed by atoms with E-state index in [0.717, 1.165) is 22.4 Å². The van der Waals surface area contributed by atoms with Gasteiger partial charge >= 0.3 is 11.7 Å². The standard InChI is InChI=1S/C20H19N3O5S/c24-16(10-11-23-20(26)28-19(22-23)15-7-4-12-29-15)27-17(13-5-2-1-3-6-13)18(25)21-14-8-9-14/h1-7,12,14,17H,8-11H2,(H,21,25)/t17-/m1/s1. The van der Waals surface area contributed by atoms with Crippen molar-refractivity contribution in [2.45, 2.75) is 38.0 Å². The van der Waals surface area contributed by atoms with Crippen molar-refractivity contribution in [1.29, 1.82) is 0 Å². The minimum atomic E-state index is -1.03. The number of ether oxygens (including phenoxy) is 1. The van der Waals surface area contributed by atoms with Crippen LogP contribution in [0.15, 0.2) is 57.1 Å². The molecule has 8 nitrogen and oxygen atoms in total. The molecule has 1 N–H and O–H groups in total. The van der Waals surface area contributed by atoms with Crippen molar-refractivity contribution in [2.24, 2.45) is 0 Å². The molecule has 1 fully saturated rings. The van der Waals surface area contributed by atoms with Gasteiger partial charge in [0, 0.05) is 11.6 Å². The normalized spacial score (nSPS) is 14.3. The van der Waals surface area contributed by atoms with Gasteiger partial charge in [0.15, 0.2) is 0 Å². The van der Waals surface area contributed by atoms with Crippen LogP contribution < -0.4 is 11.1 Å². The molecule has 150 valence electrons. The Morgan fingerprint density at radius 1 is 1.24 bits per heavy atom. The summed E-state index contributed by atoms with van der Waals surface area (Å²) in [5.74, 6) is -1.38. The second-order valence-corrected chi connectivity index (χ2v) is 7.63. The van der Waals surface area contributed by atoms with E-state index in [0.29, 0.717) is 5.56 Å². The maximum absolute atomic E-state index is 12.5. The highest BCUT2D eigenvalue weighted by Crippen LogP contribution is 2.24. The molecule has 0 bridgehead atoms. The number of amides is 1. The van der Waals surface area contributed by atoms with Gasteiger partial charge in [-0.2, -0.15) is 4.68 Å². The van der Waals surface area contributed by atoms with E-state index in [9.17, 15) is 14.4 Å². The number of rotatable bonds is 8. The molecule has 2 aromatic heterocycles. The molecule has 1 aliphatic carbocycles. The van der Waals surface area contributed by atoms with Crippen molar-refractivity contribution in [3.05, 3.63) is 64.0 Å². The second-order valence-electron chi connectivity index (χ2n) is 6.69. The number of thiophene rings is 1. The Hall–Kier alpha value is -3.20. The molecule has 0 spiro atoms. The van der Waals surface area contributed by atoms with Gasteiger partial charge in [-0.15, -0.1) is 16.4 Å². The molecule has 1 atom stereocenters. The molecule has 4 rings (SSSR count). The van der Waals surface area contributed by atoms with Crippen LogP contribution in [0.2, 0.25) is 0 Å². The lowest BCUT2D eigenvalue weighted by atomic mass is 10.1. The van der Waals surface area contributed by atoms with Crippen LogP contribution in [-0.4, -0.2) is 27.7 Å². The molecule has 0 radical (unpaired) electrons. The van der Waals surface area contributed by atoms with Gasteiger partial charge in [-0.25, -0.2) is 4.79 Å². The SMILES string of the molecule is O=C(CCn1nc(-c2cccs2)oc1=O)O[C@@H](C(=O)NC1CC1)c1ccccc1. The quantitative estimate of drug-likeness (QED) is 0.569. The summed E-state index contributed by atoms with van der Waals surface area (Å²) < 4.78 is 11.6. The van der Waals surface area contributed by atoms with Crippen LogP contribution >= 0.6 is 11.3 Å². The Balaban J connectivity index is 1.40. The Morgan fingerprint density at radius 2 is 2.03 bits per heavy atom. The zero-order chi connectivity index (χ0) is 20.2. The van der Waals surface area contributed by atoms with E-state index in [2.05, 4.69) is 10.4 Å². The predicted molar refractivity (Wildman–Crippen MR) is 105 cm³/mol. The van der Waals surface area contributed by atoms with Crippen molar-refractivity contribution in [2.75, 3.05) is 0 Å². The molecular formula is C20H19N3O5S. The highest BCUT2D eigenvalue weighted by Gasteiger charge is 2.30. The average molecular weight is 413 g/mol. The maximum Gasteiger partial charge on any atom is 0.437 e. The highest BCUT2D eigenvalue weighted by atomic mass is 32.1. The number of benzene rings is 1. The first kappa shape index (κ1) is 19.1. The first-order chi connectivity index (χ1) is 14.1. The van der Waals surface area contributed by atoms with Crippen LogP contribution in [0.5, 0.6) is 0 Å². The number of esters is 1. The van der Waals surface area contributed by atoms with Crippen LogP contribution in [0.25, 0.3) is 10.8 Å². The van der Waals surface area contributed by atoms with Gasteiger partial charge in [0.1, 0.15) is 0 Å². The van der Waals surface area contributed by atoms with Crippen molar-refractivity contribution in [3.8, 4) is 10.8 Å². The lowest BCUT2D eigenvalue weighted by Gasteiger charge is -2.18. The van der Waals surface area contributed by atoms with Gasteiger partial charge in [-0.05, 0) is 24.3 Å². The van der Waals surface area contributed by atoms with E-state index < -0.39 is 17.8 Å². The fourth-order valence-electron chi connectivity index (χ4n) is 2.74. The molecule has 9 heteroatoms. The van der Waals surface area contributed by atoms with Gasteiger partial charge in [0.2, 0.25) is 6.10 Å². The molecule has 0 saturated heterocycles. The van der Waals surface area contributed by atoms with E-state index in [4.69, 9.17) is 9.15 Å². The number of hydrogen-bond donors (Lipinski definition) is 1. The summed E-state index contributed by atoms with van der Waals surface area (Å²) in [7, 11) is 0. The maximum atomic E-state index is 12.5. The molecular weight excluding hydrogens is 394 g/mol. The van der Waals surface area contributed by atoms with E-state index in [1.807, 2.05) is 17.5 Å². The number of nitrogens with zero attached hydrogens (tertiary/aromatic N) is 2. The second kappa shape index (κ2) is 8.44. The van der Waals surface area contributed by atoms with E-state index in [-0.39, 0.29) is 30.8 Å². The van der Waals surface area contributed by atoms with Crippen LogP contribution in [0, 0.1) is 0 Å². The first-order valence-corrected chi connectivity index (χ1v) is 10.1. The number of carbonyl (C=O) groups is 2. The van der Waals surface area contributed by atoms with Crippen LogP contribution in [0.1, 0.15) is 30.9 Å². The number of aryl methyl sites for hydroxylation is 1. The highest BCUT2D eigenvalue weighted by molar-refractivity contribution is 7.13. The molecule has 1 aliphatic rings. The largest absolute Gasteiger partial charge is 0.447 e. The minimum Gasteiger partial charge on any atom is -0.447 e. The monoisotopic (exact) mass is 413 g/mol. The first-order valence-electron chi connectivity index (χ1n) is 9.27. The summed E-state index contributed by atoms with van der Waals surface area (Å²) >= 11 is 1.40. The van der Waals surface area contributed by atoms with E-state index in [1.165, 1.54) is 11.3 Å². The lowest BCUT2D eigenvalue weighted by molar-refractivity contribution is -0.156. The molecule has 0 aliphatic heterocycles. The number of aromatic nitrogens is 2. The van der Waals surface area contributed by atoms with Gasteiger partial charge in [-0.3, -0.25) is 9.59 Å². The summed E-state index contributed by atoms with van der Waals surface area (Å²) in [5, 5.41) is 8.82. The zero-order valence-corrected chi connectivity index (χ0v) is 16.3. The summed E-state index contributed by atoms with van der Waals surface area (Å²) in [6, 6.07) is 12.6. The smallest absolute Gasteiger partial charge is 0.437 e. The average Bonchev–Trinajstić information content (AvgIpc) is 3.22. The van der Waals surface area contributed by atoms with E-state index >= 15 is 0 Å². The molecule has 1 amide bonds. The molecule has 1 saturated carbocycles. The summed E-state index contributed by atoms with van der Waals surface area (Å²) in [6.45, 7) is -0.00169. The van der Waals surface area contributed by atoms with Crippen LogP contribution in [-0.2, 0) is 20.9 Å². The Labute approximate surface area is 170 Å². The minimum absolute atomic E-state index is 0.00169. The fraction of sp³-hybridized carbons (Fsp3) is 0.300. The van der Waals surface area contributed by atoms with Crippen molar-refractivity contribution < 1.29 is 18.7 Å². The number of hydrogen-bond acceptors (Lipinski definition) is 7. The predicted octanol–water partition coefficient (Wildman–Crippen LogP) is 2.52. The van der Waals surface area contributed by atoms with Crippen LogP contribution in [0.3, 0.4) is 0 Å². The van der Waals surface area contributed by atoms with Crippen molar-refractivity contribution >= 4 is 23.2 Å². The van der Waals surface area contributed by atoms with E-state index in [1.54, 1.807) is 30.3 Å². The van der Waals surface area contributed by atoms with Gasteiger partial charge in [0.25, 0.3) is 11.8 Å². The molecule has 0 unspecified atom stereocenters. The lowest BCUT2D eigenvalue weighted by Crippen LogP contribution is -2.33. The molecule has 2 heterocycles. The van der Waals surface area contributed by atoms with Gasteiger partial charge in [-0.1, -0.05) is 36.4 Å². The Kier molecular flexibility index (Phi) is 5.57.